The molecule has 18 heavy (non-hydrogen) atoms. The van der Waals surface area contributed by atoms with Crippen molar-refractivity contribution in [2.45, 2.75) is 0 Å². The zero-order valence-corrected chi connectivity index (χ0v) is 10.8. The van der Waals surface area contributed by atoms with Gasteiger partial charge in [-0.3, -0.25) is 4.57 Å². The molecule has 4 nitrogen and oxygen atoms in total. The fraction of sp³-hybridized carbons (Fsp3) is 0. The lowest BCUT2D eigenvalue weighted by molar-refractivity contribution is 0.479. The van der Waals surface area contributed by atoms with Crippen LogP contribution >= 0.6 is 15.9 Å². The van der Waals surface area contributed by atoms with Crippen molar-refractivity contribution in [1.29, 1.82) is 0 Å². The van der Waals surface area contributed by atoms with Gasteiger partial charge < -0.3 is 10.1 Å². The summed E-state index contributed by atoms with van der Waals surface area (Å²) in [6, 6.07) is 12.4. The number of nitrogens with one attached hydrogen (secondary N) is 1. The zero-order valence-electron chi connectivity index (χ0n) is 9.22. The van der Waals surface area contributed by atoms with E-state index in [1.807, 2.05) is 24.3 Å². The van der Waals surface area contributed by atoms with Gasteiger partial charge in [0.25, 0.3) is 0 Å². The third kappa shape index (κ3) is 1.64. The van der Waals surface area contributed by atoms with E-state index >= 15 is 0 Å². The van der Waals surface area contributed by atoms with Crippen LogP contribution in [0.1, 0.15) is 0 Å². The molecule has 0 aliphatic heterocycles. The van der Waals surface area contributed by atoms with Crippen molar-refractivity contribution in [1.82, 2.24) is 9.55 Å². The minimum absolute atomic E-state index is 0.0748. The normalized spacial score (nSPS) is 10.9. The minimum Gasteiger partial charge on any atom is -0.506 e. The summed E-state index contributed by atoms with van der Waals surface area (Å²) in [5.41, 5.74) is 1.52. The van der Waals surface area contributed by atoms with Crippen LogP contribution in [-0.4, -0.2) is 14.7 Å². The number of hydrogen-bond donors (Lipinski definition) is 2. The number of fused-ring (bicyclic) bond motifs is 1. The van der Waals surface area contributed by atoms with Crippen molar-refractivity contribution in [3.63, 3.8) is 0 Å². The van der Waals surface area contributed by atoms with Gasteiger partial charge in [-0.2, -0.15) is 0 Å². The van der Waals surface area contributed by atoms with Crippen molar-refractivity contribution in [2.75, 3.05) is 0 Å². The highest BCUT2D eigenvalue weighted by Gasteiger charge is 2.11. The standard InChI is InChI=1S/C13H9BrN2O2/c14-8-3-1-4-9(7-8)16-12-10(15-13(16)18)5-2-6-11(12)17/h1-7,17H,(H,15,18). The first-order valence-electron chi connectivity index (χ1n) is 5.35. The van der Waals surface area contributed by atoms with E-state index in [0.29, 0.717) is 16.7 Å². The van der Waals surface area contributed by atoms with Gasteiger partial charge in [-0.05, 0) is 30.3 Å². The number of phenolic OH excluding ortho intramolecular Hbond substituents is 1. The summed E-state index contributed by atoms with van der Waals surface area (Å²) >= 11 is 3.37. The Morgan fingerprint density at radius 2 is 1.94 bits per heavy atom. The minimum atomic E-state index is -0.274. The van der Waals surface area contributed by atoms with E-state index in [1.54, 1.807) is 18.2 Å². The Morgan fingerprint density at radius 3 is 2.72 bits per heavy atom. The Bertz CT molecular complexity index is 789. The van der Waals surface area contributed by atoms with Gasteiger partial charge in [-0.1, -0.05) is 28.1 Å². The highest BCUT2D eigenvalue weighted by molar-refractivity contribution is 9.10. The molecule has 0 amide bonds. The fourth-order valence-corrected chi connectivity index (χ4v) is 2.39. The van der Waals surface area contributed by atoms with Crippen LogP contribution in [0.15, 0.2) is 51.7 Å². The number of aromatic amines is 1. The van der Waals surface area contributed by atoms with Crippen LogP contribution in [0.4, 0.5) is 0 Å². The third-order valence-electron chi connectivity index (χ3n) is 2.75. The molecule has 5 heteroatoms. The molecule has 0 unspecified atom stereocenters. The quantitative estimate of drug-likeness (QED) is 0.726. The van der Waals surface area contributed by atoms with E-state index < -0.39 is 0 Å². The zero-order chi connectivity index (χ0) is 12.7. The Balaban J connectivity index is 2.42. The van der Waals surface area contributed by atoms with E-state index in [0.717, 1.165) is 4.47 Å². The lowest BCUT2D eigenvalue weighted by atomic mass is 10.2. The molecule has 0 aliphatic rings. The second-order valence-corrected chi connectivity index (χ2v) is 4.83. The van der Waals surface area contributed by atoms with Gasteiger partial charge in [0.2, 0.25) is 0 Å². The molecule has 90 valence electrons. The highest BCUT2D eigenvalue weighted by atomic mass is 79.9. The molecule has 2 aromatic carbocycles. The third-order valence-corrected chi connectivity index (χ3v) is 3.24. The summed E-state index contributed by atoms with van der Waals surface area (Å²) in [7, 11) is 0. The number of H-pyrrole nitrogens is 1. The molecule has 3 aromatic rings. The summed E-state index contributed by atoms with van der Waals surface area (Å²) < 4.78 is 2.33. The molecule has 1 heterocycles. The Hall–Kier alpha value is -2.01. The highest BCUT2D eigenvalue weighted by Crippen LogP contribution is 2.25. The average Bonchev–Trinajstić information content (AvgIpc) is 2.67. The molecule has 0 radical (unpaired) electrons. The summed E-state index contributed by atoms with van der Waals surface area (Å²) in [6.45, 7) is 0. The predicted octanol–water partition coefficient (Wildman–Crippen LogP) is 2.79. The van der Waals surface area contributed by atoms with Crippen LogP contribution in [0, 0.1) is 0 Å². The molecule has 3 rings (SSSR count). The molecule has 0 aliphatic carbocycles. The van der Waals surface area contributed by atoms with Gasteiger partial charge in [0, 0.05) is 4.47 Å². The summed E-state index contributed by atoms with van der Waals surface area (Å²) in [5.74, 6) is 0.0748. The largest absolute Gasteiger partial charge is 0.506 e. The Labute approximate surface area is 111 Å². The van der Waals surface area contributed by atoms with Crippen LogP contribution in [0.3, 0.4) is 0 Å². The van der Waals surface area contributed by atoms with Gasteiger partial charge in [0.05, 0.1) is 11.2 Å². The van der Waals surface area contributed by atoms with Gasteiger partial charge in [-0.15, -0.1) is 0 Å². The lowest BCUT2D eigenvalue weighted by Gasteiger charge is -2.04. The average molecular weight is 305 g/mol. The Morgan fingerprint density at radius 1 is 1.17 bits per heavy atom. The lowest BCUT2D eigenvalue weighted by Crippen LogP contribution is -2.14. The number of nitrogens with zero attached hydrogens (tertiary/aromatic N) is 1. The Kier molecular flexibility index (Phi) is 2.48. The van der Waals surface area contributed by atoms with Crippen molar-refractivity contribution in [3.8, 4) is 11.4 Å². The van der Waals surface area contributed by atoms with Crippen LogP contribution in [-0.2, 0) is 0 Å². The predicted molar refractivity (Wildman–Crippen MR) is 73.3 cm³/mol. The van der Waals surface area contributed by atoms with Crippen molar-refractivity contribution in [3.05, 3.63) is 57.4 Å². The van der Waals surface area contributed by atoms with E-state index in [9.17, 15) is 9.90 Å². The molecule has 0 saturated carbocycles. The molecular formula is C13H9BrN2O2. The number of aromatic nitrogens is 2. The topological polar surface area (TPSA) is 58.0 Å². The van der Waals surface area contributed by atoms with Gasteiger partial charge in [0.15, 0.2) is 0 Å². The summed E-state index contributed by atoms with van der Waals surface area (Å²) in [4.78, 5) is 14.7. The van der Waals surface area contributed by atoms with E-state index in [4.69, 9.17) is 0 Å². The van der Waals surface area contributed by atoms with Gasteiger partial charge in [-0.25, -0.2) is 4.79 Å². The number of hydrogen-bond acceptors (Lipinski definition) is 2. The van der Waals surface area contributed by atoms with Crippen LogP contribution in [0.5, 0.6) is 5.75 Å². The maximum atomic E-state index is 12.0. The molecule has 0 fully saturated rings. The van der Waals surface area contributed by atoms with Crippen molar-refractivity contribution in [2.24, 2.45) is 0 Å². The molecular weight excluding hydrogens is 296 g/mol. The van der Waals surface area contributed by atoms with E-state index in [-0.39, 0.29) is 11.4 Å². The van der Waals surface area contributed by atoms with Gasteiger partial charge in [0.1, 0.15) is 11.3 Å². The number of benzene rings is 2. The molecule has 1 aromatic heterocycles. The number of rotatable bonds is 1. The number of phenols is 1. The molecule has 0 bridgehead atoms. The van der Waals surface area contributed by atoms with Crippen LogP contribution < -0.4 is 5.69 Å². The first kappa shape index (κ1) is 11.1. The fourth-order valence-electron chi connectivity index (χ4n) is 2.00. The number of halogens is 1. The first-order chi connectivity index (χ1) is 8.66. The SMILES string of the molecule is O=c1[nH]c2cccc(O)c2n1-c1cccc(Br)c1. The number of aromatic hydroxyl groups is 1. The maximum Gasteiger partial charge on any atom is 0.331 e. The number of imidazole rings is 1. The second kappa shape index (κ2) is 4.03. The summed E-state index contributed by atoms with van der Waals surface area (Å²) in [5, 5.41) is 9.90. The maximum absolute atomic E-state index is 12.0. The van der Waals surface area contributed by atoms with E-state index in [1.165, 1.54) is 4.57 Å². The van der Waals surface area contributed by atoms with E-state index in [2.05, 4.69) is 20.9 Å². The van der Waals surface area contributed by atoms with Crippen molar-refractivity contribution < 1.29 is 5.11 Å². The second-order valence-electron chi connectivity index (χ2n) is 3.92. The van der Waals surface area contributed by atoms with Crippen LogP contribution in [0.25, 0.3) is 16.7 Å². The van der Waals surface area contributed by atoms with Gasteiger partial charge >= 0.3 is 5.69 Å². The number of para-hydroxylation sites is 1. The summed E-state index contributed by atoms with van der Waals surface area (Å²) in [6.07, 6.45) is 0. The first-order valence-corrected chi connectivity index (χ1v) is 6.15. The molecule has 0 atom stereocenters. The molecule has 0 saturated heterocycles. The monoisotopic (exact) mass is 304 g/mol. The van der Waals surface area contributed by atoms with Crippen molar-refractivity contribution >= 4 is 27.0 Å². The molecule has 0 spiro atoms. The molecule has 2 N–H and O–H groups in total. The van der Waals surface area contributed by atoms with Crippen LogP contribution in [0.2, 0.25) is 0 Å². The smallest absolute Gasteiger partial charge is 0.331 e.